The summed E-state index contributed by atoms with van der Waals surface area (Å²) in [7, 11) is 0. The van der Waals surface area contributed by atoms with Crippen molar-refractivity contribution in [1.82, 2.24) is 14.6 Å². The van der Waals surface area contributed by atoms with Crippen LogP contribution in [0, 0.1) is 0 Å². The van der Waals surface area contributed by atoms with Crippen molar-refractivity contribution in [2.24, 2.45) is 5.73 Å². The minimum Gasteiger partial charge on any atom is -0.330 e. The fraction of sp³-hybridized carbons (Fsp3) is 0.143. The van der Waals surface area contributed by atoms with Gasteiger partial charge in [0.25, 0.3) is 0 Å². The lowest BCUT2D eigenvalue weighted by Gasteiger charge is -2.01. The monoisotopic (exact) mass is 316 g/mol. The van der Waals surface area contributed by atoms with Gasteiger partial charge in [0.05, 0.1) is 11.4 Å². The summed E-state index contributed by atoms with van der Waals surface area (Å²) in [5.41, 5.74) is 9.37. The molecule has 0 fully saturated rings. The first-order chi connectivity index (χ1) is 9.29. The molecular weight excluding hydrogens is 304 g/mol. The lowest BCUT2D eigenvalue weighted by molar-refractivity contribution is 0.895. The van der Waals surface area contributed by atoms with E-state index in [2.05, 4.69) is 26.0 Å². The number of imidazole rings is 1. The van der Waals surface area contributed by atoms with Gasteiger partial charge in [-0.2, -0.15) is 5.10 Å². The fourth-order valence-electron chi connectivity index (χ4n) is 2.01. The SMILES string of the molecule is NCCc1nc2ccc(-c3ccccc3)nn2c1Br. The predicted molar refractivity (Wildman–Crippen MR) is 78.9 cm³/mol. The van der Waals surface area contributed by atoms with Crippen molar-refractivity contribution in [3.63, 3.8) is 0 Å². The Morgan fingerprint density at radius 1 is 1.11 bits per heavy atom. The number of fused-ring (bicyclic) bond motifs is 1. The highest BCUT2D eigenvalue weighted by atomic mass is 79.9. The molecule has 0 aliphatic carbocycles. The number of benzene rings is 1. The van der Waals surface area contributed by atoms with Crippen LogP contribution in [0.15, 0.2) is 47.1 Å². The Labute approximate surface area is 119 Å². The molecular formula is C14H13BrN4. The summed E-state index contributed by atoms with van der Waals surface area (Å²) in [6.07, 6.45) is 0.741. The highest BCUT2D eigenvalue weighted by Crippen LogP contribution is 2.22. The number of hydrogen-bond acceptors (Lipinski definition) is 3. The Hall–Kier alpha value is -1.72. The third kappa shape index (κ3) is 2.27. The Morgan fingerprint density at radius 2 is 1.89 bits per heavy atom. The molecule has 0 saturated carbocycles. The first-order valence-corrected chi connectivity index (χ1v) is 6.88. The molecule has 2 heterocycles. The Kier molecular flexibility index (Phi) is 3.31. The van der Waals surface area contributed by atoms with Crippen molar-refractivity contribution < 1.29 is 0 Å². The van der Waals surface area contributed by atoms with Crippen LogP contribution in [0.4, 0.5) is 0 Å². The maximum atomic E-state index is 5.58. The van der Waals surface area contributed by atoms with Crippen molar-refractivity contribution in [1.29, 1.82) is 0 Å². The third-order valence-corrected chi connectivity index (χ3v) is 3.73. The van der Waals surface area contributed by atoms with Gasteiger partial charge in [-0.1, -0.05) is 30.3 Å². The molecule has 3 aromatic rings. The van der Waals surface area contributed by atoms with Gasteiger partial charge < -0.3 is 5.73 Å². The number of rotatable bonds is 3. The molecule has 96 valence electrons. The van der Waals surface area contributed by atoms with Gasteiger partial charge in [-0.3, -0.25) is 0 Å². The maximum Gasteiger partial charge on any atom is 0.155 e. The van der Waals surface area contributed by atoms with Gasteiger partial charge in [0.2, 0.25) is 0 Å². The van der Waals surface area contributed by atoms with Gasteiger partial charge in [0.1, 0.15) is 4.60 Å². The van der Waals surface area contributed by atoms with E-state index in [1.807, 2.05) is 47.0 Å². The Bertz CT molecular complexity index is 706. The van der Waals surface area contributed by atoms with E-state index in [0.717, 1.165) is 33.6 Å². The second-order valence-corrected chi connectivity index (χ2v) is 4.99. The second kappa shape index (κ2) is 5.11. The quantitative estimate of drug-likeness (QED) is 0.808. The molecule has 0 unspecified atom stereocenters. The standard InChI is InChI=1S/C14H13BrN4/c15-14-12(8-9-16)17-13-7-6-11(18-19(13)14)10-4-2-1-3-5-10/h1-7H,8-9,16H2. The van der Waals surface area contributed by atoms with Crippen LogP contribution >= 0.6 is 15.9 Å². The molecule has 0 aliphatic heterocycles. The molecule has 0 saturated heterocycles. The van der Waals surface area contributed by atoms with Gasteiger partial charge >= 0.3 is 0 Å². The Morgan fingerprint density at radius 3 is 2.63 bits per heavy atom. The number of aromatic nitrogens is 3. The molecule has 2 aromatic heterocycles. The summed E-state index contributed by atoms with van der Waals surface area (Å²) in [6.45, 7) is 0.577. The molecule has 0 aliphatic rings. The van der Waals surface area contributed by atoms with Gasteiger partial charge in [-0.25, -0.2) is 9.50 Å². The van der Waals surface area contributed by atoms with Crippen molar-refractivity contribution >= 4 is 21.6 Å². The van der Waals surface area contributed by atoms with E-state index in [4.69, 9.17) is 5.73 Å². The zero-order valence-corrected chi connectivity index (χ0v) is 11.8. The average Bonchev–Trinajstić information content (AvgIpc) is 2.77. The van der Waals surface area contributed by atoms with Crippen LogP contribution < -0.4 is 5.73 Å². The summed E-state index contributed by atoms with van der Waals surface area (Å²) < 4.78 is 2.69. The molecule has 5 heteroatoms. The molecule has 0 radical (unpaired) electrons. The van der Waals surface area contributed by atoms with Crippen molar-refractivity contribution in [2.45, 2.75) is 6.42 Å². The zero-order valence-electron chi connectivity index (χ0n) is 10.3. The highest BCUT2D eigenvalue weighted by molar-refractivity contribution is 9.10. The third-order valence-electron chi connectivity index (χ3n) is 2.94. The van der Waals surface area contributed by atoms with Crippen molar-refractivity contribution in [3.8, 4) is 11.3 Å². The minimum absolute atomic E-state index is 0.577. The number of hydrogen-bond donors (Lipinski definition) is 1. The maximum absolute atomic E-state index is 5.58. The first-order valence-electron chi connectivity index (χ1n) is 6.09. The summed E-state index contributed by atoms with van der Waals surface area (Å²) >= 11 is 3.54. The molecule has 4 nitrogen and oxygen atoms in total. The molecule has 0 amide bonds. The van der Waals surface area contributed by atoms with E-state index < -0.39 is 0 Å². The molecule has 0 spiro atoms. The molecule has 2 N–H and O–H groups in total. The van der Waals surface area contributed by atoms with Gasteiger partial charge in [-0.15, -0.1) is 0 Å². The summed E-state index contributed by atoms with van der Waals surface area (Å²) in [5, 5.41) is 4.61. The average molecular weight is 317 g/mol. The summed E-state index contributed by atoms with van der Waals surface area (Å²) in [4.78, 5) is 4.51. The summed E-state index contributed by atoms with van der Waals surface area (Å²) in [5.74, 6) is 0. The summed E-state index contributed by atoms with van der Waals surface area (Å²) in [6, 6.07) is 14.0. The number of halogens is 1. The Balaban J connectivity index is 2.13. The first kappa shape index (κ1) is 12.3. The van der Waals surface area contributed by atoms with Crippen molar-refractivity contribution in [2.75, 3.05) is 6.54 Å². The molecule has 1 aromatic carbocycles. The normalized spacial score (nSPS) is 11.1. The van der Waals surface area contributed by atoms with Crippen LogP contribution in [0.5, 0.6) is 0 Å². The lowest BCUT2D eigenvalue weighted by Crippen LogP contribution is -2.03. The smallest absolute Gasteiger partial charge is 0.155 e. The number of nitrogens with zero attached hydrogens (tertiary/aromatic N) is 3. The van der Waals surface area contributed by atoms with Gasteiger partial charge in [0.15, 0.2) is 5.65 Å². The van der Waals surface area contributed by atoms with Crippen LogP contribution in [0.2, 0.25) is 0 Å². The van der Waals surface area contributed by atoms with Crippen molar-refractivity contribution in [3.05, 3.63) is 52.8 Å². The van der Waals surface area contributed by atoms with E-state index in [9.17, 15) is 0 Å². The minimum atomic E-state index is 0.577. The highest BCUT2D eigenvalue weighted by Gasteiger charge is 2.11. The second-order valence-electron chi connectivity index (χ2n) is 4.24. The van der Waals surface area contributed by atoms with E-state index in [0.29, 0.717) is 6.54 Å². The van der Waals surface area contributed by atoms with Crippen LogP contribution in [0.1, 0.15) is 5.69 Å². The lowest BCUT2D eigenvalue weighted by atomic mass is 10.1. The largest absolute Gasteiger partial charge is 0.330 e. The van der Waals surface area contributed by atoms with E-state index >= 15 is 0 Å². The van der Waals surface area contributed by atoms with Crippen LogP contribution in [0.25, 0.3) is 16.9 Å². The van der Waals surface area contributed by atoms with Crippen LogP contribution in [-0.2, 0) is 6.42 Å². The fourth-order valence-corrected chi connectivity index (χ4v) is 2.56. The van der Waals surface area contributed by atoms with E-state index in [-0.39, 0.29) is 0 Å². The topological polar surface area (TPSA) is 56.2 Å². The number of nitrogens with two attached hydrogens (primary N) is 1. The molecule has 3 rings (SSSR count). The van der Waals surface area contributed by atoms with Gasteiger partial charge in [0, 0.05) is 12.0 Å². The molecule has 0 atom stereocenters. The molecule has 0 bridgehead atoms. The predicted octanol–water partition coefficient (Wildman–Crippen LogP) is 2.66. The van der Waals surface area contributed by atoms with E-state index in [1.54, 1.807) is 0 Å². The zero-order chi connectivity index (χ0) is 13.2. The van der Waals surface area contributed by atoms with Gasteiger partial charge in [-0.05, 0) is 34.6 Å². The van der Waals surface area contributed by atoms with Crippen LogP contribution in [-0.4, -0.2) is 21.1 Å². The van der Waals surface area contributed by atoms with E-state index in [1.165, 1.54) is 0 Å². The van der Waals surface area contributed by atoms with Crippen LogP contribution in [0.3, 0.4) is 0 Å². The molecule has 19 heavy (non-hydrogen) atoms.